The summed E-state index contributed by atoms with van der Waals surface area (Å²) in [5.41, 5.74) is 1.96. The van der Waals surface area contributed by atoms with Crippen LogP contribution in [0.1, 0.15) is 37.7 Å². The summed E-state index contributed by atoms with van der Waals surface area (Å²) in [4.78, 5) is 25.7. The molecular formula is C21H29N3O4. The Hall–Kier alpha value is -2.28. The summed E-state index contributed by atoms with van der Waals surface area (Å²) in [5.74, 6) is 1.53. The van der Waals surface area contributed by atoms with Crippen LogP contribution in [0.2, 0.25) is 0 Å². The first-order valence-electron chi connectivity index (χ1n) is 10.4. The van der Waals surface area contributed by atoms with Crippen molar-refractivity contribution in [3.8, 4) is 5.75 Å². The van der Waals surface area contributed by atoms with Crippen LogP contribution in [-0.4, -0.2) is 55.8 Å². The summed E-state index contributed by atoms with van der Waals surface area (Å²) in [5, 5.41) is 5.89. The smallest absolute Gasteiger partial charge is 0.407 e. The minimum absolute atomic E-state index is 0.0672. The Balaban J connectivity index is 1.15. The van der Waals surface area contributed by atoms with Gasteiger partial charge in [0, 0.05) is 43.3 Å². The fraction of sp³-hybridized carbons (Fsp3) is 0.619. The van der Waals surface area contributed by atoms with Gasteiger partial charge < -0.3 is 20.1 Å². The van der Waals surface area contributed by atoms with Crippen molar-refractivity contribution in [2.45, 2.75) is 44.6 Å². The Bertz CT molecular complexity index is 712. The van der Waals surface area contributed by atoms with Crippen LogP contribution >= 0.6 is 0 Å². The zero-order valence-corrected chi connectivity index (χ0v) is 16.2. The third kappa shape index (κ3) is 5.16. The summed E-state index contributed by atoms with van der Waals surface area (Å²) < 4.78 is 11.3. The van der Waals surface area contributed by atoms with Crippen molar-refractivity contribution in [2.75, 3.05) is 38.2 Å². The number of nitrogens with zero attached hydrogens (tertiary/aromatic N) is 1. The van der Waals surface area contributed by atoms with Crippen LogP contribution in [0.4, 0.5) is 10.5 Å². The number of hydrogen-bond donors (Lipinski definition) is 2. The molecule has 2 fully saturated rings. The molecule has 1 saturated heterocycles. The molecular weight excluding hydrogens is 358 g/mol. The zero-order valence-electron chi connectivity index (χ0n) is 16.2. The van der Waals surface area contributed by atoms with Crippen molar-refractivity contribution < 1.29 is 19.1 Å². The van der Waals surface area contributed by atoms with E-state index in [4.69, 9.17) is 9.47 Å². The Morgan fingerprint density at radius 1 is 1.18 bits per heavy atom. The number of rotatable bonds is 7. The maximum absolute atomic E-state index is 11.8. The minimum atomic E-state index is -0.269. The SMILES string of the molecule is O=C1CCc2c(cccc2OCCN2CCC(NC(=O)OCC3CC3)CC2)N1. The van der Waals surface area contributed by atoms with E-state index in [1.54, 1.807) is 0 Å². The number of piperidine rings is 1. The van der Waals surface area contributed by atoms with E-state index >= 15 is 0 Å². The van der Waals surface area contributed by atoms with Crippen LogP contribution in [-0.2, 0) is 16.0 Å². The molecule has 152 valence electrons. The predicted molar refractivity (Wildman–Crippen MR) is 106 cm³/mol. The van der Waals surface area contributed by atoms with Gasteiger partial charge in [0.25, 0.3) is 0 Å². The molecule has 3 aliphatic rings. The standard InChI is InChI=1S/C21H29N3O4/c25-20-7-6-17-18(23-20)2-1-3-19(17)27-13-12-24-10-8-16(9-11-24)22-21(26)28-14-15-4-5-15/h1-3,15-16H,4-14H2,(H,22,26)(H,23,25). The molecule has 2 heterocycles. The number of alkyl carbamates (subject to hydrolysis) is 1. The molecule has 0 radical (unpaired) electrons. The number of carbonyl (C=O) groups excluding carboxylic acids is 2. The Morgan fingerprint density at radius 2 is 2.00 bits per heavy atom. The van der Waals surface area contributed by atoms with Crippen LogP contribution in [0, 0.1) is 5.92 Å². The number of carbonyl (C=O) groups is 2. The van der Waals surface area contributed by atoms with Crippen LogP contribution in [0.5, 0.6) is 5.75 Å². The van der Waals surface area contributed by atoms with Crippen molar-refractivity contribution in [3.63, 3.8) is 0 Å². The number of fused-ring (bicyclic) bond motifs is 1. The highest BCUT2D eigenvalue weighted by Gasteiger charge is 2.25. The lowest BCUT2D eigenvalue weighted by Gasteiger charge is -2.32. The first kappa shape index (κ1) is 19.1. The second-order valence-electron chi connectivity index (χ2n) is 7.98. The summed E-state index contributed by atoms with van der Waals surface area (Å²) in [6, 6.07) is 6.01. The summed E-state index contributed by atoms with van der Waals surface area (Å²) >= 11 is 0. The number of likely N-dealkylation sites (tertiary alicyclic amines) is 1. The lowest BCUT2D eigenvalue weighted by Crippen LogP contribution is -2.45. The number of ether oxygens (including phenoxy) is 2. The molecule has 0 atom stereocenters. The lowest BCUT2D eigenvalue weighted by atomic mass is 10.0. The Kier molecular flexibility index (Phi) is 6.00. The lowest BCUT2D eigenvalue weighted by molar-refractivity contribution is -0.116. The van der Waals surface area contributed by atoms with Crippen LogP contribution < -0.4 is 15.4 Å². The number of amides is 2. The van der Waals surface area contributed by atoms with Gasteiger partial charge in [0.1, 0.15) is 12.4 Å². The van der Waals surface area contributed by atoms with Gasteiger partial charge in [0.05, 0.1) is 6.61 Å². The molecule has 0 spiro atoms. The largest absolute Gasteiger partial charge is 0.492 e. The predicted octanol–water partition coefficient (Wildman–Crippen LogP) is 2.55. The highest BCUT2D eigenvalue weighted by Crippen LogP contribution is 2.31. The summed E-state index contributed by atoms with van der Waals surface area (Å²) in [6.07, 6.45) is 5.22. The summed E-state index contributed by atoms with van der Waals surface area (Å²) in [7, 11) is 0. The van der Waals surface area contributed by atoms with E-state index < -0.39 is 0 Å². The molecule has 1 aromatic carbocycles. The van der Waals surface area contributed by atoms with Crippen molar-refractivity contribution in [1.82, 2.24) is 10.2 Å². The second kappa shape index (κ2) is 8.82. The molecule has 1 aromatic rings. The molecule has 0 unspecified atom stereocenters. The van der Waals surface area contributed by atoms with Crippen molar-refractivity contribution in [2.24, 2.45) is 5.92 Å². The molecule has 2 aliphatic heterocycles. The first-order chi connectivity index (χ1) is 13.7. The highest BCUT2D eigenvalue weighted by atomic mass is 16.5. The maximum atomic E-state index is 11.8. The molecule has 1 aliphatic carbocycles. The van der Waals surface area contributed by atoms with Crippen molar-refractivity contribution in [1.29, 1.82) is 0 Å². The molecule has 2 amide bonds. The average Bonchev–Trinajstić information content (AvgIpc) is 3.52. The van der Waals surface area contributed by atoms with Gasteiger partial charge in [-0.2, -0.15) is 0 Å². The minimum Gasteiger partial charge on any atom is -0.492 e. The molecule has 28 heavy (non-hydrogen) atoms. The molecule has 1 saturated carbocycles. The first-order valence-corrected chi connectivity index (χ1v) is 10.4. The van der Waals surface area contributed by atoms with E-state index in [1.165, 1.54) is 12.8 Å². The van der Waals surface area contributed by atoms with Gasteiger partial charge in [0.2, 0.25) is 5.91 Å². The zero-order chi connectivity index (χ0) is 19.3. The average molecular weight is 387 g/mol. The van der Waals surface area contributed by atoms with Crippen molar-refractivity contribution in [3.05, 3.63) is 23.8 Å². The van der Waals surface area contributed by atoms with Crippen molar-refractivity contribution >= 4 is 17.7 Å². The highest BCUT2D eigenvalue weighted by molar-refractivity contribution is 5.94. The molecule has 2 N–H and O–H groups in total. The third-order valence-corrected chi connectivity index (χ3v) is 5.73. The van der Waals surface area contributed by atoms with E-state index in [1.807, 2.05) is 18.2 Å². The van der Waals surface area contributed by atoms with Gasteiger partial charge in [-0.15, -0.1) is 0 Å². The Labute approximate surface area is 165 Å². The number of anilines is 1. The fourth-order valence-electron chi connectivity index (χ4n) is 3.80. The molecule has 0 aromatic heterocycles. The van der Waals surface area contributed by atoms with E-state index in [2.05, 4.69) is 15.5 Å². The van der Waals surface area contributed by atoms with Gasteiger partial charge in [-0.1, -0.05) is 6.07 Å². The number of benzene rings is 1. The molecule has 7 nitrogen and oxygen atoms in total. The van der Waals surface area contributed by atoms with E-state index in [0.717, 1.165) is 55.9 Å². The summed E-state index contributed by atoms with van der Waals surface area (Å²) in [6.45, 7) is 3.93. The van der Waals surface area contributed by atoms with Gasteiger partial charge in [0.15, 0.2) is 0 Å². The van der Waals surface area contributed by atoms with Crippen LogP contribution in [0.25, 0.3) is 0 Å². The van der Waals surface area contributed by atoms with Gasteiger partial charge >= 0.3 is 6.09 Å². The van der Waals surface area contributed by atoms with Gasteiger partial charge in [-0.05, 0) is 50.2 Å². The molecule has 4 rings (SSSR count). The van der Waals surface area contributed by atoms with E-state index in [0.29, 0.717) is 25.6 Å². The third-order valence-electron chi connectivity index (χ3n) is 5.73. The number of nitrogens with one attached hydrogen (secondary N) is 2. The quantitative estimate of drug-likeness (QED) is 0.752. The second-order valence-corrected chi connectivity index (χ2v) is 7.98. The Morgan fingerprint density at radius 3 is 2.79 bits per heavy atom. The van der Waals surface area contributed by atoms with E-state index in [9.17, 15) is 9.59 Å². The number of hydrogen-bond acceptors (Lipinski definition) is 5. The maximum Gasteiger partial charge on any atom is 0.407 e. The van der Waals surface area contributed by atoms with Gasteiger partial charge in [-0.3, -0.25) is 9.69 Å². The molecule has 7 heteroatoms. The normalized spacial score (nSPS) is 20.2. The monoisotopic (exact) mass is 387 g/mol. The fourth-order valence-corrected chi connectivity index (χ4v) is 3.80. The van der Waals surface area contributed by atoms with Gasteiger partial charge in [-0.25, -0.2) is 4.79 Å². The van der Waals surface area contributed by atoms with E-state index in [-0.39, 0.29) is 18.0 Å². The molecule has 0 bridgehead atoms. The van der Waals surface area contributed by atoms with Crippen LogP contribution in [0.3, 0.4) is 0 Å². The van der Waals surface area contributed by atoms with Crippen LogP contribution in [0.15, 0.2) is 18.2 Å². The topological polar surface area (TPSA) is 79.9 Å².